The number of carbonyl (C=O) groups is 2. The average molecular weight is 491 g/mol. The molecular formula is C20H17BrClN5O3. The summed E-state index contributed by atoms with van der Waals surface area (Å²) in [6, 6.07) is 10.3. The zero-order valence-corrected chi connectivity index (χ0v) is 18.2. The number of rotatable bonds is 5. The van der Waals surface area contributed by atoms with Crippen LogP contribution in [0.1, 0.15) is 23.6 Å². The van der Waals surface area contributed by atoms with Crippen molar-refractivity contribution in [1.82, 2.24) is 14.8 Å². The molecule has 0 saturated carbocycles. The number of fused-ring (bicyclic) bond motifs is 1. The van der Waals surface area contributed by atoms with Crippen LogP contribution in [0.5, 0.6) is 5.75 Å². The molecule has 3 aromatic rings. The van der Waals surface area contributed by atoms with E-state index in [0.717, 1.165) is 15.6 Å². The first kappa shape index (κ1) is 20.4. The van der Waals surface area contributed by atoms with Gasteiger partial charge >= 0.3 is 0 Å². The Morgan fingerprint density at radius 3 is 3.03 bits per heavy atom. The number of carbonyl (C=O) groups excluding carboxylic acids is 2. The topological polar surface area (TPSA) is 98.1 Å². The summed E-state index contributed by atoms with van der Waals surface area (Å²) >= 11 is 9.46. The summed E-state index contributed by atoms with van der Waals surface area (Å²) < 4.78 is 8.26. The Morgan fingerprint density at radius 2 is 2.20 bits per heavy atom. The third-order valence-corrected chi connectivity index (χ3v) is 5.39. The van der Waals surface area contributed by atoms with Gasteiger partial charge in [-0.25, -0.2) is 4.68 Å². The molecule has 0 aliphatic carbocycles. The second-order valence-electron chi connectivity index (χ2n) is 6.77. The largest absolute Gasteiger partial charge is 0.483 e. The lowest BCUT2D eigenvalue weighted by Gasteiger charge is -2.25. The van der Waals surface area contributed by atoms with Crippen LogP contribution in [0.2, 0.25) is 5.02 Å². The van der Waals surface area contributed by atoms with Crippen molar-refractivity contribution in [1.29, 1.82) is 0 Å². The van der Waals surface area contributed by atoms with E-state index in [0.29, 0.717) is 22.4 Å². The van der Waals surface area contributed by atoms with E-state index in [-0.39, 0.29) is 24.8 Å². The van der Waals surface area contributed by atoms with Crippen molar-refractivity contribution in [3.05, 3.63) is 63.3 Å². The fourth-order valence-corrected chi connectivity index (χ4v) is 3.77. The summed E-state index contributed by atoms with van der Waals surface area (Å²) in [6.07, 6.45) is 1.56. The van der Waals surface area contributed by atoms with Crippen LogP contribution in [0.25, 0.3) is 0 Å². The minimum absolute atomic E-state index is 0.166. The summed E-state index contributed by atoms with van der Waals surface area (Å²) in [7, 11) is 0. The third kappa shape index (κ3) is 4.31. The zero-order chi connectivity index (χ0) is 21.3. The Kier molecular flexibility index (Phi) is 5.74. The van der Waals surface area contributed by atoms with Crippen molar-refractivity contribution in [2.24, 2.45) is 0 Å². The molecule has 2 amide bonds. The predicted molar refractivity (Wildman–Crippen MR) is 116 cm³/mol. The fraction of sp³-hybridized carbons (Fsp3) is 0.200. The van der Waals surface area contributed by atoms with Crippen molar-refractivity contribution < 1.29 is 14.3 Å². The first-order chi connectivity index (χ1) is 14.4. The Labute approximate surface area is 185 Å². The number of hydrogen-bond donors (Lipinski definition) is 2. The van der Waals surface area contributed by atoms with E-state index in [4.69, 9.17) is 16.3 Å². The molecule has 2 N–H and O–H groups in total. The van der Waals surface area contributed by atoms with Gasteiger partial charge in [0.25, 0.3) is 5.91 Å². The summed E-state index contributed by atoms with van der Waals surface area (Å²) in [5, 5.41) is 10.2. The van der Waals surface area contributed by atoms with E-state index in [9.17, 15) is 9.59 Å². The van der Waals surface area contributed by atoms with Crippen molar-refractivity contribution in [3.8, 4) is 5.75 Å². The normalized spacial score (nSPS) is 15.3. The molecule has 10 heteroatoms. The highest BCUT2D eigenvalue weighted by molar-refractivity contribution is 9.10. The molecule has 0 unspecified atom stereocenters. The second-order valence-corrected chi connectivity index (χ2v) is 8.13. The predicted octanol–water partition coefficient (Wildman–Crippen LogP) is 3.95. The Hall–Kier alpha value is -2.91. The fourth-order valence-electron chi connectivity index (χ4n) is 3.22. The lowest BCUT2D eigenvalue weighted by atomic mass is 10.0. The van der Waals surface area contributed by atoms with Gasteiger partial charge in [0.1, 0.15) is 12.1 Å². The van der Waals surface area contributed by atoms with Crippen LogP contribution in [0.3, 0.4) is 0 Å². The van der Waals surface area contributed by atoms with Gasteiger partial charge in [-0.15, -0.1) is 0 Å². The number of nitrogens with zero attached hydrogens (tertiary/aromatic N) is 3. The Balaban J connectivity index is 1.54. The average Bonchev–Trinajstić information content (AvgIpc) is 3.17. The molecule has 8 nitrogen and oxygen atoms in total. The first-order valence-electron chi connectivity index (χ1n) is 9.08. The van der Waals surface area contributed by atoms with Gasteiger partial charge in [0.2, 0.25) is 11.9 Å². The first-order valence-corrected chi connectivity index (χ1v) is 10.3. The highest BCUT2D eigenvalue weighted by Gasteiger charge is 2.30. The number of halogens is 2. The van der Waals surface area contributed by atoms with E-state index in [1.165, 1.54) is 6.33 Å². The lowest BCUT2D eigenvalue weighted by molar-refractivity contribution is -0.118. The molecule has 0 radical (unpaired) electrons. The van der Waals surface area contributed by atoms with Crippen LogP contribution in [0.15, 0.2) is 47.2 Å². The van der Waals surface area contributed by atoms with Crippen LogP contribution in [-0.2, 0) is 9.59 Å². The minimum atomic E-state index is -0.401. The van der Waals surface area contributed by atoms with E-state index >= 15 is 0 Å². The molecular weight excluding hydrogens is 474 g/mol. The Morgan fingerprint density at radius 1 is 1.37 bits per heavy atom. The van der Waals surface area contributed by atoms with Gasteiger partial charge in [-0.1, -0.05) is 33.6 Å². The molecule has 0 spiro atoms. The van der Waals surface area contributed by atoms with Gasteiger partial charge in [-0.2, -0.15) is 10.1 Å². The van der Waals surface area contributed by atoms with Crippen LogP contribution in [0.4, 0.5) is 11.6 Å². The molecule has 2 aromatic carbocycles. The van der Waals surface area contributed by atoms with E-state index in [1.807, 2.05) is 25.1 Å². The van der Waals surface area contributed by atoms with Crippen molar-refractivity contribution in [2.75, 3.05) is 17.2 Å². The lowest BCUT2D eigenvalue weighted by Crippen LogP contribution is -2.30. The second kappa shape index (κ2) is 8.45. The number of anilines is 2. The van der Waals surface area contributed by atoms with E-state index in [1.54, 1.807) is 22.9 Å². The zero-order valence-electron chi connectivity index (χ0n) is 15.9. The monoisotopic (exact) mass is 489 g/mol. The highest BCUT2D eigenvalue weighted by Crippen LogP contribution is 2.36. The minimum Gasteiger partial charge on any atom is -0.483 e. The maximum absolute atomic E-state index is 12.4. The number of amides is 2. The summed E-state index contributed by atoms with van der Waals surface area (Å²) in [5.74, 6) is 0.367. The summed E-state index contributed by atoms with van der Waals surface area (Å²) in [6.45, 7) is 1.67. The van der Waals surface area contributed by atoms with Gasteiger partial charge < -0.3 is 10.1 Å². The molecule has 30 heavy (non-hydrogen) atoms. The van der Waals surface area contributed by atoms with Crippen LogP contribution in [-0.4, -0.2) is 33.2 Å². The van der Waals surface area contributed by atoms with Gasteiger partial charge in [0.15, 0.2) is 6.61 Å². The van der Waals surface area contributed by atoms with Crippen LogP contribution >= 0.6 is 27.5 Å². The number of benzene rings is 2. The van der Waals surface area contributed by atoms with Crippen LogP contribution in [0, 0.1) is 6.92 Å². The molecule has 0 saturated heterocycles. The third-order valence-electron chi connectivity index (χ3n) is 4.66. The summed E-state index contributed by atoms with van der Waals surface area (Å²) in [4.78, 5) is 28.6. The van der Waals surface area contributed by atoms with Gasteiger partial charge in [0, 0.05) is 20.7 Å². The van der Waals surface area contributed by atoms with Crippen molar-refractivity contribution in [2.45, 2.75) is 19.4 Å². The molecule has 1 aromatic heterocycles. The van der Waals surface area contributed by atoms with Crippen molar-refractivity contribution >= 4 is 51.0 Å². The van der Waals surface area contributed by atoms with Gasteiger partial charge in [0.05, 0.1) is 12.5 Å². The van der Waals surface area contributed by atoms with Crippen LogP contribution < -0.4 is 15.4 Å². The van der Waals surface area contributed by atoms with E-state index < -0.39 is 6.04 Å². The maximum Gasteiger partial charge on any atom is 0.262 e. The molecule has 0 bridgehead atoms. The molecule has 154 valence electrons. The molecule has 1 atom stereocenters. The van der Waals surface area contributed by atoms with E-state index in [2.05, 4.69) is 36.6 Å². The molecule has 1 aliphatic rings. The quantitative estimate of drug-likeness (QED) is 0.564. The van der Waals surface area contributed by atoms with Gasteiger partial charge in [-0.05, 0) is 42.8 Å². The molecule has 1 aliphatic heterocycles. The number of aromatic nitrogens is 3. The number of aryl methyl sites for hydroxylation is 1. The van der Waals surface area contributed by atoms with Crippen molar-refractivity contribution in [3.63, 3.8) is 0 Å². The molecule has 0 fully saturated rings. The summed E-state index contributed by atoms with van der Waals surface area (Å²) in [5.41, 5.74) is 2.24. The SMILES string of the molecule is Cc1ccc(Cl)cc1NC(=O)COc1ccc(Br)cc1[C@@H]1CC(=O)Nc2ncnn21. The highest BCUT2D eigenvalue weighted by atomic mass is 79.9. The molecule has 2 heterocycles. The smallest absolute Gasteiger partial charge is 0.262 e. The molecule has 4 rings (SSSR count). The maximum atomic E-state index is 12.4. The number of hydrogen-bond acceptors (Lipinski definition) is 5. The number of nitrogens with one attached hydrogen (secondary N) is 2. The Bertz CT molecular complexity index is 1130. The number of ether oxygens (including phenoxy) is 1. The van der Waals surface area contributed by atoms with Gasteiger partial charge in [-0.3, -0.25) is 14.9 Å². The standard InChI is InChI=1S/C20H17BrClN5O3/c1-11-2-4-13(22)7-15(11)25-19(29)9-30-17-5-3-12(21)6-14(17)16-8-18(28)26-20-23-10-24-27(16)20/h2-7,10,16H,8-9H2,1H3,(H,25,29)(H,23,24,26,28)/t16-/m0/s1.